The molecule has 1 N–H and O–H groups in total. The van der Waals surface area contributed by atoms with Gasteiger partial charge in [0.1, 0.15) is 5.82 Å². The van der Waals surface area contributed by atoms with E-state index in [4.69, 9.17) is 9.47 Å². The van der Waals surface area contributed by atoms with Gasteiger partial charge in [-0.15, -0.1) is 0 Å². The number of para-hydroxylation sites is 1. The van der Waals surface area contributed by atoms with Gasteiger partial charge in [-0.1, -0.05) is 12.1 Å². The summed E-state index contributed by atoms with van der Waals surface area (Å²) >= 11 is 0. The number of sulfonamides is 1. The van der Waals surface area contributed by atoms with Crippen LogP contribution in [0.15, 0.2) is 76.7 Å². The van der Waals surface area contributed by atoms with Crippen LogP contribution in [0.5, 0.6) is 11.5 Å². The summed E-state index contributed by atoms with van der Waals surface area (Å²) in [4.78, 5) is 8.47. The molecule has 0 spiro atoms. The maximum atomic E-state index is 12.4. The highest BCUT2D eigenvalue weighted by atomic mass is 32.2. The fourth-order valence-electron chi connectivity index (χ4n) is 2.49. The van der Waals surface area contributed by atoms with E-state index in [1.165, 1.54) is 18.3 Å². The lowest BCUT2D eigenvalue weighted by molar-refractivity contribution is 0.354. The normalized spacial score (nSPS) is 11.4. The van der Waals surface area contributed by atoms with Crippen LogP contribution >= 0.6 is 0 Å². The topological polar surface area (TPSA) is 89.9 Å². The van der Waals surface area contributed by atoms with Crippen LogP contribution in [0.25, 0.3) is 0 Å². The number of anilines is 1. The van der Waals surface area contributed by atoms with Gasteiger partial charge in [0.25, 0.3) is 10.0 Å². The van der Waals surface area contributed by atoms with E-state index in [0.717, 1.165) is 5.56 Å². The van der Waals surface area contributed by atoms with Crippen molar-refractivity contribution in [2.24, 2.45) is 4.99 Å². The van der Waals surface area contributed by atoms with Crippen molar-refractivity contribution >= 4 is 27.7 Å². The first-order valence-electron chi connectivity index (χ1n) is 8.32. The van der Waals surface area contributed by atoms with Gasteiger partial charge in [0.05, 0.1) is 24.8 Å². The van der Waals surface area contributed by atoms with Crippen LogP contribution in [0, 0.1) is 0 Å². The van der Waals surface area contributed by atoms with Crippen LogP contribution in [0.3, 0.4) is 0 Å². The predicted molar refractivity (Wildman–Crippen MR) is 108 cm³/mol. The molecule has 144 valence electrons. The van der Waals surface area contributed by atoms with E-state index in [1.54, 1.807) is 56.8 Å². The zero-order valence-electron chi connectivity index (χ0n) is 15.4. The summed E-state index contributed by atoms with van der Waals surface area (Å²) < 4.78 is 37.9. The number of rotatable bonds is 7. The monoisotopic (exact) mass is 397 g/mol. The van der Waals surface area contributed by atoms with E-state index in [-0.39, 0.29) is 10.7 Å². The van der Waals surface area contributed by atoms with Gasteiger partial charge >= 0.3 is 0 Å². The average Bonchev–Trinajstić information content (AvgIpc) is 2.72. The predicted octanol–water partition coefficient (Wildman–Crippen LogP) is 3.65. The Kier molecular flexibility index (Phi) is 5.90. The SMILES string of the molecule is COc1cccc(C=Nc2ccc(S(=O)(=O)Nc3ccccn3)cc2)c1OC. The van der Waals surface area contributed by atoms with Crippen LogP contribution in [0.1, 0.15) is 5.56 Å². The Balaban J connectivity index is 1.79. The molecule has 7 nitrogen and oxygen atoms in total. The number of hydrogen-bond donors (Lipinski definition) is 1. The molecule has 0 unspecified atom stereocenters. The van der Waals surface area contributed by atoms with Gasteiger partial charge in [-0.3, -0.25) is 9.71 Å². The highest BCUT2D eigenvalue weighted by Gasteiger charge is 2.14. The number of aliphatic imine (C=N–C) groups is 1. The largest absolute Gasteiger partial charge is 0.493 e. The van der Waals surface area contributed by atoms with Gasteiger partial charge in [0, 0.05) is 18.0 Å². The molecular formula is C20H19N3O4S. The molecule has 0 aliphatic carbocycles. The highest BCUT2D eigenvalue weighted by Crippen LogP contribution is 2.30. The molecule has 8 heteroatoms. The fourth-order valence-corrected chi connectivity index (χ4v) is 3.50. The summed E-state index contributed by atoms with van der Waals surface area (Å²) in [5, 5.41) is 0. The lowest BCUT2D eigenvalue weighted by Crippen LogP contribution is -2.13. The number of methoxy groups -OCH3 is 2. The Morgan fingerprint density at radius 1 is 0.964 bits per heavy atom. The summed E-state index contributed by atoms with van der Waals surface area (Å²) in [6, 6.07) is 16.7. The number of nitrogens with one attached hydrogen (secondary N) is 1. The van der Waals surface area contributed by atoms with Gasteiger partial charge < -0.3 is 9.47 Å². The van der Waals surface area contributed by atoms with Gasteiger partial charge in [0.15, 0.2) is 11.5 Å². The minimum atomic E-state index is -3.72. The van der Waals surface area contributed by atoms with Crippen LogP contribution in [-0.4, -0.2) is 33.8 Å². The molecule has 0 radical (unpaired) electrons. The summed E-state index contributed by atoms with van der Waals surface area (Å²) in [6.45, 7) is 0. The van der Waals surface area contributed by atoms with Crippen molar-refractivity contribution in [2.45, 2.75) is 4.90 Å². The summed E-state index contributed by atoms with van der Waals surface area (Å²) in [5.41, 5.74) is 1.34. The van der Waals surface area contributed by atoms with E-state index in [1.807, 2.05) is 12.1 Å². The number of pyridine rings is 1. The first-order valence-corrected chi connectivity index (χ1v) is 9.81. The molecule has 0 aliphatic rings. The molecule has 0 saturated heterocycles. The van der Waals surface area contributed by atoms with E-state index in [9.17, 15) is 8.42 Å². The fraction of sp³-hybridized carbons (Fsp3) is 0.100. The second-order valence-electron chi connectivity index (χ2n) is 5.66. The van der Waals surface area contributed by atoms with E-state index < -0.39 is 10.0 Å². The molecule has 28 heavy (non-hydrogen) atoms. The summed E-state index contributed by atoms with van der Waals surface area (Å²) in [5.74, 6) is 1.44. The number of benzene rings is 2. The lowest BCUT2D eigenvalue weighted by atomic mass is 10.2. The Labute approximate surface area is 163 Å². The van der Waals surface area contributed by atoms with Gasteiger partial charge in [-0.25, -0.2) is 13.4 Å². The standard InChI is InChI=1S/C20H19N3O4S/c1-26-18-7-5-6-15(20(18)27-2)14-22-16-9-11-17(12-10-16)28(24,25)23-19-8-3-4-13-21-19/h3-14H,1-2H3,(H,21,23). The van der Waals surface area contributed by atoms with Crippen LogP contribution in [0.2, 0.25) is 0 Å². The third-order valence-electron chi connectivity index (χ3n) is 3.84. The molecule has 0 aliphatic heterocycles. The first kappa shape index (κ1) is 19.4. The maximum Gasteiger partial charge on any atom is 0.263 e. The zero-order valence-corrected chi connectivity index (χ0v) is 16.2. The van der Waals surface area contributed by atoms with Gasteiger partial charge in [-0.05, 0) is 48.5 Å². The molecule has 2 aromatic carbocycles. The van der Waals surface area contributed by atoms with Crippen molar-refractivity contribution < 1.29 is 17.9 Å². The molecular weight excluding hydrogens is 378 g/mol. The van der Waals surface area contributed by atoms with Crippen molar-refractivity contribution in [3.05, 3.63) is 72.4 Å². The molecule has 0 saturated carbocycles. The second kappa shape index (κ2) is 8.53. The lowest BCUT2D eigenvalue weighted by Gasteiger charge is -2.09. The minimum absolute atomic E-state index is 0.121. The molecule has 1 aromatic heterocycles. The van der Waals surface area contributed by atoms with Crippen molar-refractivity contribution in [3.8, 4) is 11.5 Å². The van der Waals surface area contributed by atoms with Crippen molar-refractivity contribution in [3.63, 3.8) is 0 Å². The molecule has 0 atom stereocenters. The molecule has 3 rings (SSSR count). The molecule has 1 heterocycles. The Hall–Kier alpha value is -3.39. The third kappa shape index (κ3) is 4.47. The Morgan fingerprint density at radius 2 is 1.75 bits per heavy atom. The van der Waals surface area contributed by atoms with E-state index >= 15 is 0 Å². The van der Waals surface area contributed by atoms with E-state index in [2.05, 4.69) is 14.7 Å². The zero-order chi connectivity index (χ0) is 20.0. The maximum absolute atomic E-state index is 12.4. The van der Waals surface area contributed by atoms with Crippen LogP contribution < -0.4 is 14.2 Å². The number of ether oxygens (including phenoxy) is 2. The number of nitrogens with zero attached hydrogens (tertiary/aromatic N) is 2. The van der Waals surface area contributed by atoms with E-state index in [0.29, 0.717) is 17.2 Å². The molecule has 3 aromatic rings. The Morgan fingerprint density at radius 3 is 2.39 bits per heavy atom. The Bertz CT molecular complexity index is 1070. The van der Waals surface area contributed by atoms with Crippen LogP contribution in [-0.2, 0) is 10.0 Å². The third-order valence-corrected chi connectivity index (χ3v) is 5.21. The quantitative estimate of drug-likeness (QED) is 0.615. The van der Waals surface area contributed by atoms with Crippen molar-refractivity contribution in [1.82, 2.24) is 4.98 Å². The average molecular weight is 397 g/mol. The number of hydrogen-bond acceptors (Lipinski definition) is 6. The summed E-state index contributed by atoms with van der Waals surface area (Å²) in [7, 11) is -0.592. The van der Waals surface area contributed by atoms with Crippen molar-refractivity contribution in [1.29, 1.82) is 0 Å². The van der Waals surface area contributed by atoms with Gasteiger partial charge in [0.2, 0.25) is 0 Å². The second-order valence-corrected chi connectivity index (χ2v) is 7.34. The highest BCUT2D eigenvalue weighted by molar-refractivity contribution is 7.92. The summed E-state index contributed by atoms with van der Waals surface area (Å²) in [6.07, 6.45) is 3.15. The smallest absolute Gasteiger partial charge is 0.263 e. The van der Waals surface area contributed by atoms with Crippen LogP contribution in [0.4, 0.5) is 11.5 Å². The van der Waals surface area contributed by atoms with Crippen molar-refractivity contribution in [2.75, 3.05) is 18.9 Å². The molecule has 0 fully saturated rings. The molecule has 0 amide bonds. The number of aromatic nitrogens is 1. The minimum Gasteiger partial charge on any atom is -0.493 e. The van der Waals surface area contributed by atoms with Gasteiger partial charge in [-0.2, -0.15) is 0 Å². The molecule has 0 bridgehead atoms. The first-order chi connectivity index (χ1) is 13.5.